The predicted molar refractivity (Wildman–Crippen MR) is 68.0 cm³/mol. The van der Waals surface area contributed by atoms with E-state index in [1.54, 1.807) is 24.5 Å². The van der Waals surface area contributed by atoms with Gasteiger partial charge in [0.2, 0.25) is 0 Å². The van der Waals surface area contributed by atoms with Crippen molar-refractivity contribution in [3.05, 3.63) is 36.7 Å². The summed E-state index contributed by atoms with van der Waals surface area (Å²) < 4.78 is 5.18. The molecule has 0 unspecified atom stereocenters. The van der Waals surface area contributed by atoms with E-state index in [9.17, 15) is 4.79 Å². The summed E-state index contributed by atoms with van der Waals surface area (Å²) >= 11 is 0. The van der Waals surface area contributed by atoms with Crippen LogP contribution in [-0.4, -0.2) is 16.7 Å². The predicted octanol–water partition coefficient (Wildman–Crippen LogP) is 3.16. The Morgan fingerprint density at radius 1 is 1.59 bits per heavy atom. The summed E-state index contributed by atoms with van der Waals surface area (Å²) in [4.78, 5) is 15.6. The van der Waals surface area contributed by atoms with Gasteiger partial charge in [0.05, 0.1) is 5.69 Å². The molecule has 4 heteroatoms. The van der Waals surface area contributed by atoms with E-state index in [0.29, 0.717) is 12.1 Å². The van der Waals surface area contributed by atoms with Crippen LogP contribution < -0.4 is 5.32 Å². The second-order valence-electron chi connectivity index (χ2n) is 4.65. The number of hydrogen-bond donors (Lipinski definition) is 1. The molecule has 0 fully saturated rings. The average Bonchev–Trinajstić information content (AvgIpc) is 2.18. The second-order valence-corrected chi connectivity index (χ2v) is 4.65. The van der Waals surface area contributed by atoms with Gasteiger partial charge < -0.3 is 4.74 Å². The second kappa shape index (κ2) is 5.48. The van der Waals surface area contributed by atoms with E-state index in [2.05, 4.69) is 16.9 Å². The fraction of sp³-hybridized carbons (Fsp3) is 0.385. The van der Waals surface area contributed by atoms with Crippen molar-refractivity contribution in [1.82, 2.24) is 4.98 Å². The average molecular weight is 234 g/mol. The first-order chi connectivity index (χ1) is 7.92. The maximum Gasteiger partial charge on any atom is 0.412 e. The summed E-state index contributed by atoms with van der Waals surface area (Å²) in [6, 6.07) is 1.74. The lowest BCUT2D eigenvalue weighted by atomic mass is 10.1. The number of nitrogens with zero attached hydrogens (tertiary/aromatic N) is 1. The summed E-state index contributed by atoms with van der Waals surface area (Å²) in [5, 5.41) is 2.70. The third kappa shape index (κ3) is 4.68. The molecule has 0 saturated heterocycles. The Kier molecular flexibility index (Phi) is 4.26. The zero-order valence-electron chi connectivity index (χ0n) is 10.5. The van der Waals surface area contributed by atoms with Gasteiger partial charge in [-0.05, 0) is 38.8 Å². The van der Waals surface area contributed by atoms with E-state index >= 15 is 0 Å². The molecule has 1 aromatic rings. The van der Waals surface area contributed by atoms with Gasteiger partial charge in [-0.25, -0.2) is 4.79 Å². The van der Waals surface area contributed by atoms with Crippen LogP contribution in [0.2, 0.25) is 0 Å². The SMILES string of the molecule is C=CCc1cnccc1NC(=O)OC(C)(C)C. The van der Waals surface area contributed by atoms with Gasteiger partial charge in [-0.15, -0.1) is 6.58 Å². The molecule has 0 aromatic carbocycles. The van der Waals surface area contributed by atoms with E-state index < -0.39 is 11.7 Å². The Hall–Kier alpha value is -1.84. The standard InChI is InChI=1S/C13H18N2O2/c1-5-6-10-9-14-8-7-11(10)15-12(16)17-13(2,3)4/h5,7-9H,1,6H2,2-4H3,(H,14,15,16). The maximum atomic E-state index is 11.6. The molecule has 1 amide bonds. The van der Waals surface area contributed by atoms with Gasteiger partial charge in [-0.2, -0.15) is 0 Å². The van der Waals surface area contributed by atoms with Crippen molar-refractivity contribution in [2.45, 2.75) is 32.8 Å². The Labute approximate surface area is 102 Å². The largest absolute Gasteiger partial charge is 0.444 e. The number of aromatic nitrogens is 1. The lowest BCUT2D eigenvalue weighted by Gasteiger charge is -2.20. The number of hydrogen-bond acceptors (Lipinski definition) is 3. The molecule has 1 aromatic heterocycles. The number of allylic oxidation sites excluding steroid dienone is 1. The number of pyridine rings is 1. The number of ether oxygens (including phenoxy) is 1. The van der Waals surface area contributed by atoms with Crippen LogP contribution in [0.15, 0.2) is 31.1 Å². The van der Waals surface area contributed by atoms with Gasteiger partial charge in [0, 0.05) is 12.4 Å². The molecular weight excluding hydrogens is 216 g/mol. The van der Waals surface area contributed by atoms with Crippen LogP contribution in [0.3, 0.4) is 0 Å². The number of amides is 1. The minimum Gasteiger partial charge on any atom is -0.444 e. The van der Waals surface area contributed by atoms with Gasteiger partial charge in [-0.3, -0.25) is 10.3 Å². The Morgan fingerprint density at radius 3 is 2.88 bits per heavy atom. The zero-order chi connectivity index (χ0) is 12.9. The van der Waals surface area contributed by atoms with Crippen LogP contribution >= 0.6 is 0 Å². The molecule has 0 radical (unpaired) electrons. The molecule has 0 atom stereocenters. The van der Waals surface area contributed by atoms with E-state index in [0.717, 1.165) is 5.56 Å². The van der Waals surface area contributed by atoms with Crippen molar-refractivity contribution in [1.29, 1.82) is 0 Å². The molecule has 1 heterocycles. The molecular formula is C13H18N2O2. The first-order valence-corrected chi connectivity index (χ1v) is 5.46. The first kappa shape index (κ1) is 13.2. The Balaban J connectivity index is 2.74. The van der Waals surface area contributed by atoms with Gasteiger partial charge in [-0.1, -0.05) is 6.08 Å². The molecule has 0 aliphatic rings. The molecule has 0 aliphatic carbocycles. The smallest absolute Gasteiger partial charge is 0.412 e. The molecule has 17 heavy (non-hydrogen) atoms. The maximum absolute atomic E-state index is 11.6. The van der Waals surface area contributed by atoms with Crippen molar-refractivity contribution in [3.8, 4) is 0 Å². The molecule has 1 N–H and O–H groups in total. The van der Waals surface area contributed by atoms with Crippen LogP contribution in [0.25, 0.3) is 0 Å². The van der Waals surface area contributed by atoms with Crippen LogP contribution in [0.5, 0.6) is 0 Å². The van der Waals surface area contributed by atoms with Crippen LogP contribution in [-0.2, 0) is 11.2 Å². The highest BCUT2D eigenvalue weighted by Crippen LogP contribution is 2.16. The number of rotatable bonds is 3. The summed E-state index contributed by atoms with van der Waals surface area (Å²) in [6.07, 6.45) is 5.28. The Morgan fingerprint density at radius 2 is 2.29 bits per heavy atom. The Bertz CT molecular complexity index is 408. The highest BCUT2D eigenvalue weighted by atomic mass is 16.6. The van der Waals surface area contributed by atoms with Crippen molar-refractivity contribution in [2.75, 3.05) is 5.32 Å². The zero-order valence-corrected chi connectivity index (χ0v) is 10.5. The minimum atomic E-state index is -0.504. The molecule has 92 valence electrons. The van der Waals surface area contributed by atoms with E-state index in [-0.39, 0.29) is 0 Å². The van der Waals surface area contributed by atoms with E-state index in [1.165, 1.54) is 0 Å². The highest BCUT2D eigenvalue weighted by Gasteiger charge is 2.16. The van der Waals surface area contributed by atoms with Crippen LogP contribution in [0, 0.1) is 0 Å². The van der Waals surface area contributed by atoms with Gasteiger partial charge in [0.1, 0.15) is 5.60 Å². The lowest BCUT2D eigenvalue weighted by molar-refractivity contribution is 0.0636. The molecule has 0 aliphatic heterocycles. The number of anilines is 1. The van der Waals surface area contributed by atoms with Crippen LogP contribution in [0.4, 0.5) is 10.5 Å². The topological polar surface area (TPSA) is 51.2 Å². The summed E-state index contributed by atoms with van der Waals surface area (Å²) in [5.41, 5.74) is 1.11. The van der Waals surface area contributed by atoms with Crippen molar-refractivity contribution in [3.63, 3.8) is 0 Å². The van der Waals surface area contributed by atoms with E-state index in [1.807, 2.05) is 20.8 Å². The van der Waals surface area contributed by atoms with Gasteiger partial charge in [0.25, 0.3) is 0 Å². The quantitative estimate of drug-likeness (QED) is 0.817. The van der Waals surface area contributed by atoms with Crippen LogP contribution in [0.1, 0.15) is 26.3 Å². The molecule has 0 bridgehead atoms. The normalized spacial score (nSPS) is 10.8. The lowest BCUT2D eigenvalue weighted by Crippen LogP contribution is -2.27. The molecule has 0 spiro atoms. The van der Waals surface area contributed by atoms with E-state index in [4.69, 9.17) is 4.74 Å². The summed E-state index contributed by atoms with van der Waals surface area (Å²) in [6.45, 7) is 9.13. The fourth-order valence-electron chi connectivity index (χ4n) is 1.28. The molecule has 1 rings (SSSR count). The number of carbonyl (C=O) groups is 1. The monoisotopic (exact) mass is 234 g/mol. The minimum absolute atomic E-state index is 0.464. The van der Waals surface area contributed by atoms with Gasteiger partial charge in [0.15, 0.2) is 0 Å². The fourth-order valence-corrected chi connectivity index (χ4v) is 1.28. The molecule has 0 saturated carbocycles. The number of nitrogens with one attached hydrogen (secondary N) is 1. The van der Waals surface area contributed by atoms with Crippen molar-refractivity contribution in [2.24, 2.45) is 0 Å². The number of carbonyl (C=O) groups excluding carboxylic acids is 1. The van der Waals surface area contributed by atoms with Crippen molar-refractivity contribution < 1.29 is 9.53 Å². The first-order valence-electron chi connectivity index (χ1n) is 5.46. The summed E-state index contributed by atoms with van der Waals surface area (Å²) in [5.74, 6) is 0. The third-order valence-corrected chi connectivity index (χ3v) is 1.90. The summed E-state index contributed by atoms with van der Waals surface area (Å²) in [7, 11) is 0. The van der Waals surface area contributed by atoms with Crippen molar-refractivity contribution >= 4 is 11.8 Å². The van der Waals surface area contributed by atoms with Gasteiger partial charge >= 0.3 is 6.09 Å². The molecule has 4 nitrogen and oxygen atoms in total. The highest BCUT2D eigenvalue weighted by molar-refractivity contribution is 5.85. The third-order valence-electron chi connectivity index (χ3n) is 1.90.